The second-order valence-electron chi connectivity index (χ2n) is 5.17. The highest BCUT2D eigenvalue weighted by molar-refractivity contribution is 5.72. The monoisotopic (exact) mass is 261 g/mol. The Labute approximate surface area is 115 Å². The fourth-order valence-electron chi connectivity index (χ4n) is 2.75. The lowest BCUT2D eigenvalue weighted by atomic mass is 9.95. The molecule has 1 aliphatic heterocycles. The van der Waals surface area contributed by atoms with Crippen LogP contribution in [0.3, 0.4) is 0 Å². The van der Waals surface area contributed by atoms with Gasteiger partial charge in [-0.25, -0.2) is 0 Å². The van der Waals surface area contributed by atoms with Crippen LogP contribution >= 0.6 is 0 Å². The van der Waals surface area contributed by atoms with E-state index in [0.29, 0.717) is 12.6 Å². The highest BCUT2D eigenvalue weighted by Gasteiger charge is 2.29. The third kappa shape index (κ3) is 3.57. The Balaban J connectivity index is 1.99. The molecule has 1 aromatic carbocycles. The summed E-state index contributed by atoms with van der Waals surface area (Å²) in [6.45, 7) is 6.43. The molecule has 1 aliphatic rings. The van der Waals surface area contributed by atoms with Crippen molar-refractivity contribution in [3.8, 4) is 0 Å². The van der Waals surface area contributed by atoms with Crippen LogP contribution in [0.1, 0.15) is 38.3 Å². The van der Waals surface area contributed by atoms with Crippen molar-refractivity contribution in [3.63, 3.8) is 0 Å². The maximum absolute atomic E-state index is 11.9. The maximum atomic E-state index is 11.9. The van der Waals surface area contributed by atoms with E-state index in [1.807, 2.05) is 13.0 Å². The quantitative estimate of drug-likeness (QED) is 0.780. The summed E-state index contributed by atoms with van der Waals surface area (Å²) < 4.78 is 5.15. The fraction of sp³-hybridized carbons (Fsp3) is 0.562. The summed E-state index contributed by atoms with van der Waals surface area (Å²) in [4.78, 5) is 14.2. The van der Waals surface area contributed by atoms with Crippen LogP contribution in [0.4, 0.5) is 0 Å². The van der Waals surface area contributed by atoms with E-state index in [-0.39, 0.29) is 11.9 Å². The summed E-state index contributed by atoms with van der Waals surface area (Å²) in [5.41, 5.74) is 1.31. The first kappa shape index (κ1) is 14.1. The van der Waals surface area contributed by atoms with Gasteiger partial charge in [0.25, 0.3) is 0 Å². The summed E-state index contributed by atoms with van der Waals surface area (Å²) >= 11 is 0. The summed E-state index contributed by atoms with van der Waals surface area (Å²) in [6, 6.07) is 10.8. The molecule has 0 bridgehead atoms. The van der Waals surface area contributed by atoms with E-state index < -0.39 is 0 Å². The van der Waals surface area contributed by atoms with Crippen LogP contribution in [0.25, 0.3) is 0 Å². The Morgan fingerprint density at radius 2 is 2.16 bits per heavy atom. The van der Waals surface area contributed by atoms with Gasteiger partial charge in [-0.2, -0.15) is 0 Å². The van der Waals surface area contributed by atoms with Crippen molar-refractivity contribution < 1.29 is 9.53 Å². The van der Waals surface area contributed by atoms with Crippen molar-refractivity contribution in [1.82, 2.24) is 4.90 Å². The molecular formula is C16H23NO2. The van der Waals surface area contributed by atoms with E-state index >= 15 is 0 Å². The molecule has 104 valence electrons. The van der Waals surface area contributed by atoms with Gasteiger partial charge in [-0.3, -0.25) is 9.69 Å². The first-order valence-electron chi connectivity index (χ1n) is 7.18. The Morgan fingerprint density at radius 3 is 2.84 bits per heavy atom. The van der Waals surface area contributed by atoms with E-state index in [0.717, 1.165) is 25.9 Å². The van der Waals surface area contributed by atoms with E-state index in [9.17, 15) is 4.79 Å². The van der Waals surface area contributed by atoms with Crippen molar-refractivity contribution in [2.45, 2.75) is 32.7 Å². The minimum atomic E-state index is -0.0348. The van der Waals surface area contributed by atoms with Crippen molar-refractivity contribution in [1.29, 1.82) is 0 Å². The number of hydrogen-bond acceptors (Lipinski definition) is 3. The first-order chi connectivity index (χ1) is 9.22. The number of carbonyl (C=O) groups is 1. The number of nitrogens with zero attached hydrogens (tertiary/aromatic N) is 1. The molecule has 3 nitrogen and oxygen atoms in total. The fourth-order valence-corrected chi connectivity index (χ4v) is 2.75. The molecule has 1 heterocycles. The molecule has 0 spiro atoms. The topological polar surface area (TPSA) is 29.5 Å². The van der Waals surface area contributed by atoms with Gasteiger partial charge in [-0.1, -0.05) is 30.3 Å². The Bertz CT molecular complexity index is 404. The summed E-state index contributed by atoms with van der Waals surface area (Å²) in [5.74, 6) is 0.00678. The third-order valence-electron chi connectivity index (χ3n) is 3.90. The van der Waals surface area contributed by atoms with Gasteiger partial charge in [0.15, 0.2) is 0 Å². The third-order valence-corrected chi connectivity index (χ3v) is 3.90. The molecule has 0 radical (unpaired) electrons. The molecular weight excluding hydrogens is 238 g/mol. The molecule has 0 saturated carbocycles. The van der Waals surface area contributed by atoms with Crippen LogP contribution in [-0.2, 0) is 9.53 Å². The second-order valence-corrected chi connectivity index (χ2v) is 5.17. The van der Waals surface area contributed by atoms with E-state index in [1.165, 1.54) is 5.56 Å². The molecule has 0 aromatic heterocycles. The van der Waals surface area contributed by atoms with Gasteiger partial charge in [-0.15, -0.1) is 0 Å². The number of piperidine rings is 1. The number of esters is 1. The lowest BCUT2D eigenvalue weighted by Gasteiger charge is -2.36. The van der Waals surface area contributed by atoms with Crippen molar-refractivity contribution >= 4 is 5.97 Å². The largest absolute Gasteiger partial charge is 0.466 e. The van der Waals surface area contributed by atoms with Crippen molar-refractivity contribution in [3.05, 3.63) is 35.9 Å². The minimum Gasteiger partial charge on any atom is -0.466 e. The van der Waals surface area contributed by atoms with Crippen molar-refractivity contribution in [2.24, 2.45) is 5.92 Å². The van der Waals surface area contributed by atoms with Gasteiger partial charge in [0.1, 0.15) is 0 Å². The number of ether oxygens (including phenoxy) is 1. The number of likely N-dealkylation sites (tertiary alicyclic amines) is 1. The lowest BCUT2D eigenvalue weighted by Crippen LogP contribution is -2.40. The average molecular weight is 261 g/mol. The number of benzene rings is 1. The van der Waals surface area contributed by atoms with Crippen LogP contribution in [-0.4, -0.2) is 30.6 Å². The summed E-state index contributed by atoms with van der Waals surface area (Å²) in [7, 11) is 0. The maximum Gasteiger partial charge on any atom is 0.310 e. The predicted octanol–water partition coefficient (Wildman–Crippen LogP) is 3.02. The molecule has 19 heavy (non-hydrogen) atoms. The zero-order valence-electron chi connectivity index (χ0n) is 11.8. The molecule has 2 atom stereocenters. The standard InChI is InChI=1S/C16H23NO2/c1-3-19-16(18)15-10-7-11-17(12-15)13(2)14-8-5-4-6-9-14/h4-6,8-9,13,15H,3,7,10-12H2,1-2H3. The molecule has 0 N–H and O–H groups in total. The SMILES string of the molecule is CCOC(=O)C1CCCN(C(C)c2ccccc2)C1. The molecule has 1 saturated heterocycles. The second kappa shape index (κ2) is 6.71. The van der Waals surface area contributed by atoms with Gasteiger partial charge in [0, 0.05) is 12.6 Å². The van der Waals surface area contributed by atoms with Crippen molar-refractivity contribution in [2.75, 3.05) is 19.7 Å². The van der Waals surface area contributed by atoms with Crippen LogP contribution in [0.2, 0.25) is 0 Å². The zero-order chi connectivity index (χ0) is 13.7. The molecule has 0 aliphatic carbocycles. The lowest BCUT2D eigenvalue weighted by molar-refractivity contribution is -0.150. The van der Waals surface area contributed by atoms with Crippen LogP contribution in [0, 0.1) is 5.92 Å². The Morgan fingerprint density at radius 1 is 1.42 bits per heavy atom. The van der Waals surface area contributed by atoms with Crippen LogP contribution in [0.5, 0.6) is 0 Å². The van der Waals surface area contributed by atoms with E-state index in [2.05, 4.69) is 36.1 Å². The first-order valence-corrected chi connectivity index (χ1v) is 7.18. The van der Waals surface area contributed by atoms with Gasteiger partial charge in [-0.05, 0) is 38.8 Å². The highest BCUT2D eigenvalue weighted by Crippen LogP contribution is 2.26. The number of hydrogen-bond donors (Lipinski definition) is 0. The molecule has 0 amide bonds. The van der Waals surface area contributed by atoms with Gasteiger partial charge in [0.05, 0.1) is 12.5 Å². The zero-order valence-corrected chi connectivity index (χ0v) is 11.8. The highest BCUT2D eigenvalue weighted by atomic mass is 16.5. The molecule has 3 heteroatoms. The van der Waals surface area contributed by atoms with Gasteiger partial charge in [0.2, 0.25) is 0 Å². The number of rotatable bonds is 4. The summed E-state index contributed by atoms with van der Waals surface area (Å²) in [6.07, 6.45) is 2.03. The average Bonchev–Trinajstić information content (AvgIpc) is 2.48. The molecule has 2 unspecified atom stereocenters. The molecule has 2 rings (SSSR count). The van der Waals surface area contributed by atoms with Gasteiger partial charge < -0.3 is 4.74 Å². The Hall–Kier alpha value is -1.35. The predicted molar refractivity (Wildman–Crippen MR) is 75.8 cm³/mol. The van der Waals surface area contributed by atoms with E-state index in [4.69, 9.17) is 4.74 Å². The summed E-state index contributed by atoms with van der Waals surface area (Å²) in [5, 5.41) is 0. The normalized spacial score (nSPS) is 21.9. The van der Waals surface area contributed by atoms with Crippen LogP contribution in [0.15, 0.2) is 30.3 Å². The smallest absolute Gasteiger partial charge is 0.310 e. The van der Waals surface area contributed by atoms with Gasteiger partial charge >= 0.3 is 5.97 Å². The minimum absolute atomic E-state index is 0.0348. The Kier molecular flexibility index (Phi) is 4.97. The molecule has 1 aromatic rings. The molecule has 1 fully saturated rings. The van der Waals surface area contributed by atoms with E-state index in [1.54, 1.807) is 0 Å². The number of carbonyl (C=O) groups excluding carboxylic acids is 1. The van der Waals surface area contributed by atoms with Crippen LogP contribution < -0.4 is 0 Å².